The van der Waals surface area contributed by atoms with Gasteiger partial charge in [0.2, 0.25) is 0 Å². The van der Waals surface area contributed by atoms with E-state index in [1.807, 2.05) is 6.92 Å². The summed E-state index contributed by atoms with van der Waals surface area (Å²) >= 11 is 3.15. The van der Waals surface area contributed by atoms with Gasteiger partial charge in [0.1, 0.15) is 11.4 Å². The maximum atomic E-state index is 13.7. The molecule has 1 aromatic carbocycles. The molecule has 0 aliphatic carbocycles. The summed E-state index contributed by atoms with van der Waals surface area (Å²) in [7, 11) is 0. The number of hydrogen-bond acceptors (Lipinski definition) is 4. The molecule has 2 N–H and O–H groups in total. The molecule has 0 unspecified atom stereocenters. The molecule has 122 valence electrons. The largest absolute Gasteiger partial charge is 0.478 e. The summed E-state index contributed by atoms with van der Waals surface area (Å²) in [6, 6.07) is 2.84. The Bertz CT molecular complexity index is 775. The Morgan fingerprint density at radius 3 is 2.96 bits per heavy atom. The number of aromatic carboxylic acids is 1. The molecule has 7 heteroatoms. The molecule has 1 fully saturated rings. The molecule has 1 aliphatic heterocycles. The Morgan fingerprint density at radius 2 is 2.30 bits per heavy atom. The van der Waals surface area contributed by atoms with Crippen LogP contribution in [0, 0.1) is 5.82 Å². The van der Waals surface area contributed by atoms with Gasteiger partial charge < -0.3 is 15.2 Å². The summed E-state index contributed by atoms with van der Waals surface area (Å²) in [6.45, 7) is 3.18. The van der Waals surface area contributed by atoms with Crippen LogP contribution in [0.3, 0.4) is 0 Å². The van der Waals surface area contributed by atoms with Crippen LogP contribution in [0.5, 0.6) is 0 Å². The SMILES string of the molecule is C[C@]1(Nc2c(C(=O)O)cnc3cc(F)c(Br)cc23)CCCOC1. The Kier molecular flexibility index (Phi) is 4.25. The third-order valence-corrected chi connectivity index (χ3v) is 4.61. The molecule has 5 nitrogen and oxygen atoms in total. The Labute approximate surface area is 141 Å². The molecule has 2 aromatic rings. The first-order valence-corrected chi connectivity index (χ1v) is 8.06. The van der Waals surface area contributed by atoms with E-state index in [1.54, 1.807) is 6.07 Å². The van der Waals surface area contributed by atoms with E-state index >= 15 is 0 Å². The number of carboxylic acid groups (broad SMARTS) is 1. The van der Waals surface area contributed by atoms with Crippen molar-refractivity contribution in [1.29, 1.82) is 0 Å². The molecule has 0 spiro atoms. The third-order valence-electron chi connectivity index (χ3n) is 4.01. The molecule has 0 radical (unpaired) electrons. The number of benzene rings is 1. The zero-order valence-corrected chi connectivity index (χ0v) is 14.1. The van der Waals surface area contributed by atoms with Gasteiger partial charge in [-0.2, -0.15) is 0 Å². The number of anilines is 1. The number of halogens is 2. The van der Waals surface area contributed by atoms with Gasteiger partial charge in [-0.15, -0.1) is 0 Å². The van der Waals surface area contributed by atoms with Gasteiger partial charge in [0.05, 0.1) is 27.8 Å². The molecule has 2 heterocycles. The van der Waals surface area contributed by atoms with E-state index in [9.17, 15) is 14.3 Å². The molecular weight excluding hydrogens is 367 g/mol. The third kappa shape index (κ3) is 3.16. The summed E-state index contributed by atoms with van der Waals surface area (Å²) in [6.07, 6.45) is 3.01. The minimum Gasteiger partial charge on any atom is -0.478 e. The normalized spacial score (nSPS) is 21.3. The second-order valence-electron chi connectivity index (χ2n) is 5.98. The molecule has 1 aliphatic rings. The molecule has 1 atom stereocenters. The van der Waals surface area contributed by atoms with E-state index in [0.717, 1.165) is 12.8 Å². The van der Waals surface area contributed by atoms with Crippen molar-refractivity contribution in [1.82, 2.24) is 4.98 Å². The maximum Gasteiger partial charge on any atom is 0.339 e. The van der Waals surface area contributed by atoms with Gasteiger partial charge in [0, 0.05) is 24.3 Å². The summed E-state index contributed by atoms with van der Waals surface area (Å²) in [4.78, 5) is 15.6. The summed E-state index contributed by atoms with van der Waals surface area (Å²) < 4.78 is 19.5. The molecule has 0 amide bonds. The van der Waals surface area contributed by atoms with Crippen LogP contribution in [0.25, 0.3) is 10.9 Å². The van der Waals surface area contributed by atoms with Crippen LogP contribution in [0.15, 0.2) is 22.8 Å². The average Bonchev–Trinajstić information content (AvgIpc) is 2.49. The fourth-order valence-corrected chi connectivity index (χ4v) is 3.16. The first kappa shape index (κ1) is 16.1. The first-order valence-electron chi connectivity index (χ1n) is 7.27. The molecule has 1 aromatic heterocycles. The van der Waals surface area contributed by atoms with Crippen LogP contribution in [-0.4, -0.2) is 34.8 Å². The van der Waals surface area contributed by atoms with Gasteiger partial charge in [0.15, 0.2) is 0 Å². The van der Waals surface area contributed by atoms with Crippen molar-refractivity contribution in [3.05, 3.63) is 34.2 Å². The predicted molar refractivity (Wildman–Crippen MR) is 88.4 cm³/mol. The average molecular weight is 383 g/mol. The van der Waals surface area contributed by atoms with Crippen molar-refractivity contribution in [2.45, 2.75) is 25.3 Å². The van der Waals surface area contributed by atoms with Crippen molar-refractivity contribution in [3.8, 4) is 0 Å². The highest BCUT2D eigenvalue weighted by atomic mass is 79.9. The molecule has 0 bridgehead atoms. The molecule has 3 rings (SSSR count). The summed E-state index contributed by atoms with van der Waals surface area (Å²) in [5.41, 5.74) is 0.523. The zero-order valence-electron chi connectivity index (χ0n) is 12.5. The van der Waals surface area contributed by atoms with E-state index in [2.05, 4.69) is 26.2 Å². The van der Waals surface area contributed by atoms with Crippen LogP contribution in [-0.2, 0) is 4.74 Å². The van der Waals surface area contributed by atoms with Gasteiger partial charge in [-0.25, -0.2) is 9.18 Å². The van der Waals surface area contributed by atoms with Crippen molar-refractivity contribution in [3.63, 3.8) is 0 Å². The number of ether oxygens (including phenoxy) is 1. The fraction of sp³-hybridized carbons (Fsp3) is 0.375. The van der Waals surface area contributed by atoms with Crippen LogP contribution < -0.4 is 5.32 Å². The summed E-state index contributed by atoms with van der Waals surface area (Å²) in [5.74, 6) is -1.52. The second-order valence-corrected chi connectivity index (χ2v) is 6.83. The number of fused-ring (bicyclic) bond motifs is 1. The maximum absolute atomic E-state index is 13.7. The predicted octanol–water partition coefficient (Wildman–Crippen LogP) is 3.82. The lowest BCUT2D eigenvalue weighted by molar-refractivity contribution is 0.0539. The van der Waals surface area contributed by atoms with E-state index in [4.69, 9.17) is 4.74 Å². The number of aromatic nitrogens is 1. The number of nitrogens with zero attached hydrogens (tertiary/aromatic N) is 1. The van der Waals surface area contributed by atoms with Crippen LogP contribution in [0.4, 0.5) is 10.1 Å². The topological polar surface area (TPSA) is 71.5 Å². The second kappa shape index (κ2) is 6.05. The minimum absolute atomic E-state index is 0.0582. The number of hydrogen-bond donors (Lipinski definition) is 2. The fourth-order valence-electron chi connectivity index (χ4n) is 2.82. The van der Waals surface area contributed by atoms with E-state index in [-0.39, 0.29) is 15.6 Å². The Balaban J connectivity index is 2.16. The number of nitrogens with one attached hydrogen (secondary N) is 1. The van der Waals surface area contributed by atoms with Gasteiger partial charge in [0.25, 0.3) is 0 Å². The summed E-state index contributed by atoms with van der Waals surface area (Å²) in [5, 5.41) is 13.3. The number of rotatable bonds is 3. The van der Waals surface area contributed by atoms with Crippen molar-refractivity contribution in [2.24, 2.45) is 0 Å². The van der Waals surface area contributed by atoms with Gasteiger partial charge in [-0.3, -0.25) is 4.98 Å². The van der Waals surface area contributed by atoms with Crippen molar-refractivity contribution in [2.75, 3.05) is 18.5 Å². The van der Waals surface area contributed by atoms with Gasteiger partial charge in [-0.1, -0.05) is 0 Å². The first-order chi connectivity index (χ1) is 10.9. The van der Waals surface area contributed by atoms with Crippen molar-refractivity contribution < 1.29 is 19.0 Å². The van der Waals surface area contributed by atoms with Crippen LogP contribution in [0.1, 0.15) is 30.1 Å². The van der Waals surface area contributed by atoms with Crippen LogP contribution in [0.2, 0.25) is 0 Å². The van der Waals surface area contributed by atoms with Crippen molar-refractivity contribution >= 4 is 38.5 Å². The van der Waals surface area contributed by atoms with E-state index in [0.29, 0.717) is 29.8 Å². The molecule has 1 saturated heterocycles. The number of pyridine rings is 1. The van der Waals surface area contributed by atoms with Gasteiger partial charge in [-0.05, 0) is 41.8 Å². The number of carbonyl (C=O) groups is 1. The standard InChI is InChI=1S/C16H16BrFN2O3/c1-16(3-2-4-23-8-16)20-14-9-5-11(17)12(18)6-13(9)19-7-10(14)15(21)22/h5-7H,2-4,8H2,1H3,(H,19,20)(H,21,22)/t16-/m0/s1. The van der Waals surface area contributed by atoms with Crippen LogP contribution >= 0.6 is 15.9 Å². The monoisotopic (exact) mass is 382 g/mol. The lowest BCUT2D eigenvalue weighted by atomic mass is 9.93. The Morgan fingerprint density at radius 1 is 1.52 bits per heavy atom. The molecule has 23 heavy (non-hydrogen) atoms. The highest BCUT2D eigenvalue weighted by Crippen LogP contribution is 2.34. The smallest absolute Gasteiger partial charge is 0.339 e. The van der Waals surface area contributed by atoms with Gasteiger partial charge >= 0.3 is 5.97 Å². The number of carboxylic acids is 1. The Hall–Kier alpha value is -1.73. The highest BCUT2D eigenvalue weighted by Gasteiger charge is 2.30. The lowest BCUT2D eigenvalue weighted by Gasteiger charge is -2.36. The molecule has 0 saturated carbocycles. The van der Waals surface area contributed by atoms with E-state index in [1.165, 1.54) is 12.3 Å². The highest BCUT2D eigenvalue weighted by molar-refractivity contribution is 9.10. The quantitative estimate of drug-likeness (QED) is 0.844. The van der Waals surface area contributed by atoms with E-state index < -0.39 is 11.8 Å². The molecular formula is C16H16BrFN2O3. The minimum atomic E-state index is -1.08. The zero-order chi connectivity index (χ0) is 16.6. The lowest BCUT2D eigenvalue weighted by Crippen LogP contribution is -2.43.